The number of rotatable bonds is 1. The van der Waals surface area contributed by atoms with Crippen LogP contribution in [0.5, 0.6) is 0 Å². The number of hydrogen-bond donors (Lipinski definition) is 0. The van der Waals surface area contributed by atoms with Crippen molar-refractivity contribution in [3.63, 3.8) is 0 Å². The minimum atomic E-state index is -3.14. The van der Waals surface area contributed by atoms with Crippen molar-refractivity contribution in [3.05, 3.63) is 0 Å². The van der Waals surface area contributed by atoms with Crippen molar-refractivity contribution < 1.29 is 8.42 Å². The summed E-state index contributed by atoms with van der Waals surface area (Å²) in [6.07, 6.45) is 0. The fourth-order valence-corrected chi connectivity index (χ4v) is 3.42. The van der Waals surface area contributed by atoms with Gasteiger partial charge >= 0.3 is 0 Å². The summed E-state index contributed by atoms with van der Waals surface area (Å²) in [7, 11) is -3.14. The van der Waals surface area contributed by atoms with Crippen molar-refractivity contribution in [1.82, 2.24) is 4.31 Å². The highest BCUT2D eigenvalue weighted by atomic mass is 32.2. The zero-order valence-corrected chi connectivity index (χ0v) is 8.00. The smallest absolute Gasteiger partial charge is 0.212 e. The Morgan fingerprint density at radius 2 is 2.25 bits per heavy atom. The summed E-state index contributed by atoms with van der Waals surface area (Å²) in [6.45, 7) is 3.97. The third-order valence-electron chi connectivity index (χ3n) is 1.96. The van der Waals surface area contributed by atoms with Gasteiger partial charge in [-0.05, 0) is 12.8 Å². The molecule has 2 atom stereocenters. The molecule has 1 rings (SSSR count). The van der Waals surface area contributed by atoms with Crippen molar-refractivity contribution in [1.29, 1.82) is 5.26 Å². The zero-order valence-electron chi connectivity index (χ0n) is 7.19. The molecule has 0 amide bonds. The Labute approximate surface area is 72.8 Å². The summed E-state index contributed by atoms with van der Waals surface area (Å²) < 4.78 is 24.0. The lowest BCUT2D eigenvalue weighted by molar-refractivity contribution is 0.385. The predicted octanol–water partition coefficient (Wildman–Crippen LogP) is 0.180. The van der Waals surface area contributed by atoms with Gasteiger partial charge in [0.2, 0.25) is 10.0 Å². The van der Waals surface area contributed by atoms with Gasteiger partial charge in [0.05, 0.1) is 11.8 Å². The molecule has 0 aromatic rings. The summed E-state index contributed by atoms with van der Waals surface area (Å²) in [5.74, 6) is 0.324. The molecule has 0 aromatic carbocycles. The average molecular weight is 188 g/mol. The summed E-state index contributed by atoms with van der Waals surface area (Å²) in [6, 6.07) is 1.40. The molecule has 4 nitrogen and oxygen atoms in total. The first kappa shape index (κ1) is 9.49. The Morgan fingerprint density at radius 1 is 1.67 bits per heavy atom. The molecule has 12 heavy (non-hydrogen) atoms. The monoisotopic (exact) mass is 188 g/mol. The van der Waals surface area contributed by atoms with E-state index in [1.807, 2.05) is 13.0 Å². The molecular formula is C7H12N2O2S. The molecule has 0 aromatic heterocycles. The Hall–Kier alpha value is -0.600. The van der Waals surface area contributed by atoms with Crippen LogP contribution in [0, 0.1) is 17.2 Å². The normalized spacial score (nSPS) is 31.2. The Balaban J connectivity index is 2.88. The lowest BCUT2D eigenvalue weighted by atomic mass is 10.2. The largest absolute Gasteiger partial charge is 0.215 e. The van der Waals surface area contributed by atoms with Crippen molar-refractivity contribution in [2.24, 2.45) is 5.92 Å². The van der Waals surface area contributed by atoms with E-state index in [2.05, 4.69) is 0 Å². The van der Waals surface area contributed by atoms with Crippen molar-refractivity contribution in [2.45, 2.75) is 19.9 Å². The van der Waals surface area contributed by atoms with Gasteiger partial charge in [0, 0.05) is 6.54 Å². The summed E-state index contributed by atoms with van der Waals surface area (Å²) in [4.78, 5) is 0. The van der Waals surface area contributed by atoms with Gasteiger partial charge in [0.1, 0.15) is 6.04 Å². The molecule has 1 fully saturated rings. The van der Waals surface area contributed by atoms with Crippen LogP contribution in [0.2, 0.25) is 0 Å². The average Bonchev–Trinajstić information content (AvgIpc) is 2.23. The van der Waals surface area contributed by atoms with Crippen LogP contribution in [0.15, 0.2) is 0 Å². The second kappa shape index (κ2) is 3.04. The van der Waals surface area contributed by atoms with E-state index in [4.69, 9.17) is 5.26 Å². The number of hydrogen-bond acceptors (Lipinski definition) is 3. The molecule has 0 aliphatic carbocycles. The molecule has 2 unspecified atom stereocenters. The highest BCUT2D eigenvalue weighted by Gasteiger charge is 2.36. The first-order valence-corrected chi connectivity index (χ1v) is 5.47. The van der Waals surface area contributed by atoms with Gasteiger partial charge in [-0.1, -0.05) is 6.92 Å². The van der Waals surface area contributed by atoms with Gasteiger partial charge in [-0.3, -0.25) is 0 Å². The van der Waals surface area contributed by atoms with Gasteiger partial charge in [-0.15, -0.1) is 0 Å². The highest BCUT2D eigenvalue weighted by Crippen LogP contribution is 2.20. The lowest BCUT2D eigenvalue weighted by Gasteiger charge is -2.15. The molecule has 68 valence electrons. The van der Waals surface area contributed by atoms with E-state index < -0.39 is 16.1 Å². The molecular weight excluding hydrogens is 176 g/mol. The van der Waals surface area contributed by atoms with Crippen LogP contribution >= 0.6 is 0 Å². The zero-order chi connectivity index (χ0) is 9.35. The molecule has 0 bridgehead atoms. The van der Waals surface area contributed by atoms with E-state index in [1.54, 1.807) is 6.92 Å². The molecule has 1 aliphatic heterocycles. The molecule has 1 saturated heterocycles. The third-order valence-corrected chi connectivity index (χ3v) is 4.13. The molecule has 5 heteroatoms. The van der Waals surface area contributed by atoms with E-state index in [1.165, 1.54) is 4.31 Å². The second-order valence-corrected chi connectivity index (χ2v) is 5.22. The van der Waals surface area contributed by atoms with Crippen LogP contribution in [0.4, 0.5) is 0 Å². The van der Waals surface area contributed by atoms with Crippen molar-refractivity contribution in [3.8, 4) is 6.07 Å². The third kappa shape index (κ3) is 1.59. The Kier molecular flexibility index (Phi) is 2.40. The van der Waals surface area contributed by atoms with Crippen LogP contribution in [0.3, 0.4) is 0 Å². The fraction of sp³-hybridized carbons (Fsp3) is 0.857. The first-order valence-electron chi connectivity index (χ1n) is 3.86. The number of sulfonamides is 1. The van der Waals surface area contributed by atoms with Crippen molar-refractivity contribution >= 4 is 10.0 Å². The van der Waals surface area contributed by atoms with E-state index >= 15 is 0 Å². The van der Waals surface area contributed by atoms with Gasteiger partial charge in [0.15, 0.2) is 0 Å². The van der Waals surface area contributed by atoms with E-state index in [9.17, 15) is 8.42 Å². The summed E-state index contributed by atoms with van der Waals surface area (Å²) in [5, 5.41) is 8.56. The quantitative estimate of drug-likeness (QED) is 0.589. The fourth-order valence-electron chi connectivity index (χ4n) is 1.39. The van der Waals surface area contributed by atoms with Gasteiger partial charge < -0.3 is 0 Å². The Morgan fingerprint density at radius 3 is 2.58 bits per heavy atom. The van der Waals surface area contributed by atoms with Gasteiger partial charge in [0.25, 0.3) is 0 Å². The first-order chi connectivity index (χ1) is 5.47. The maximum atomic E-state index is 11.3. The van der Waals surface area contributed by atoms with Gasteiger partial charge in [-0.2, -0.15) is 9.57 Å². The van der Waals surface area contributed by atoms with Crippen LogP contribution in [-0.2, 0) is 10.0 Å². The second-order valence-electron chi connectivity index (χ2n) is 3.26. The predicted molar refractivity (Wildman–Crippen MR) is 44.7 cm³/mol. The summed E-state index contributed by atoms with van der Waals surface area (Å²) >= 11 is 0. The minimum absolute atomic E-state index is 0.144. The maximum absolute atomic E-state index is 11.3. The maximum Gasteiger partial charge on any atom is 0.215 e. The van der Waals surface area contributed by atoms with E-state index in [-0.39, 0.29) is 11.7 Å². The topological polar surface area (TPSA) is 61.2 Å². The van der Waals surface area contributed by atoms with Crippen LogP contribution in [0.25, 0.3) is 0 Å². The van der Waals surface area contributed by atoms with E-state index in [0.717, 1.165) is 0 Å². The molecule has 1 aliphatic rings. The molecule has 1 heterocycles. The Bertz CT molecular complexity index is 304. The standard InChI is InChI=1S/C7H12N2O2S/c1-6-4-9(7(2)3-8)12(10,11)5-6/h6-7H,4-5H2,1-2H3. The SMILES string of the molecule is CC1CN(C(C)C#N)S(=O)(=O)C1. The molecule has 0 saturated carbocycles. The minimum Gasteiger partial charge on any atom is -0.212 e. The van der Waals surface area contributed by atoms with Crippen LogP contribution < -0.4 is 0 Å². The summed E-state index contributed by atoms with van der Waals surface area (Å²) in [5.41, 5.74) is 0. The highest BCUT2D eigenvalue weighted by molar-refractivity contribution is 7.89. The molecule has 0 radical (unpaired) electrons. The lowest BCUT2D eigenvalue weighted by Crippen LogP contribution is -2.33. The van der Waals surface area contributed by atoms with Crippen LogP contribution in [0.1, 0.15) is 13.8 Å². The molecule has 0 N–H and O–H groups in total. The number of nitriles is 1. The molecule has 0 spiro atoms. The van der Waals surface area contributed by atoms with Crippen LogP contribution in [-0.4, -0.2) is 31.1 Å². The number of nitrogens with zero attached hydrogens (tertiary/aromatic N) is 2. The van der Waals surface area contributed by atoms with Crippen molar-refractivity contribution in [2.75, 3.05) is 12.3 Å². The van der Waals surface area contributed by atoms with E-state index in [0.29, 0.717) is 6.54 Å². The van der Waals surface area contributed by atoms with Gasteiger partial charge in [-0.25, -0.2) is 8.42 Å².